The van der Waals surface area contributed by atoms with Crippen molar-refractivity contribution >= 4 is 11.7 Å². The lowest BCUT2D eigenvalue weighted by Gasteiger charge is -2.09. The zero-order chi connectivity index (χ0) is 14.4. The molecule has 0 aliphatic heterocycles. The smallest absolute Gasteiger partial charge is 0.252 e. The number of amides is 1. The molecule has 1 heterocycles. The van der Waals surface area contributed by atoms with E-state index in [-0.39, 0.29) is 0 Å². The summed E-state index contributed by atoms with van der Waals surface area (Å²) in [6.45, 7) is 1.14. The van der Waals surface area contributed by atoms with Crippen LogP contribution in [0, 0.1) is 0 Å². The van der Waals surface area contributed by atoms with Crippen LogP contribution in [-0.2, 0) is 17.9 Å². The lowest BCUT2D eigenvalue weighted by atomic mass is 10.1. The van der Waals surface area contributed by atoms with Crippen LogP contribution in [0.4, 0.5) is 5.82 Å². The summed E-state index contributed by atoms with van der Waals surface area (Å²) in [6.07, 6.45) is 1.62. The van der Waals surface area contributed by atoms with Gasteiger partial charge in [0.25, 0.3) is 5.91 Å². The fourth-order valence-corrected chi connectivity index (χ4v) is 1.93. The van der Waals surface area contributed by atoms with Crippen LogP contribution in [0.3, 0.4) is 0 Å². The Bertz CT molecular complexity index is 599. The van der Waals surface area contributed by atoms with Gasteiger partial charge in [0.05, 0.1) is 12.2 Å². The highest BCUT2D eigenvalue weighted by Gasteiger charge is 2.08. The van der Waals surface area contributed by atoms with Gasteiger partial charge in [-0.25, -0.2) is 4.98 Å². The molecular formula is C15H17N3O2. The van der Waals surface area contributed by atoms with Crippen LogP contribution < -0.4 is 11.1 Å². The van der Waals surface area contributed by atoms with E-state index in [0.29, 0.717) is 24.5 Å². The van der Waals surface area contributed by atoms with Crippen LogP contribution in [0.1, 0.15) is 21.5 Å². The van der Waals surface area contributed by atoms with E-state index < -0.39 is 5.91 Å². The molecule has 0 aliphatic rings. The number of aromatic nitrogens is 1. The molecule has 0 spiro atoms. The van der Waals surface area contributed by atoms with E-state index in [4.69, 9.17) is 10.5 Å². The molecule has 1 aromatic heterocycles. The first-order valence-corrected chi connectivity index (χ1v) is 6.26. The minimum Gasteiger partial charge on any atom is -0.380 e. The number of benzene rings is 1. The molecule has 20 heavy (non-hydrogen) atoms. The second-order valence-corrected chi connectivity index (χ2v) is 4.37. The topological polar surface area (TPSA) is 77.2 Å². The van der Waals surface area contributed by atoms with Gasteiger partial charge in [0.15, 0.2) is 0 Å². The van der Waals surface area contributed by atoms with Gasteiger partial charge < -0.3 is 15.8 Å². The van der Waals surface area contributed by atoms with Crippen LogP contribution in [-0.4, -0.2) is 18.0 Å². The van der Waals surface area contributed by atoms with Crippen molar-refractivity contribution in [2.24, 2.45) is 5.73 Å². The Morgan fingerprint density at radius 1 is 1.30 bits per heavy atom. The highest BCUT2D eigenvalue weighted by Crippen LogP contribution is 2.13. The predicted octanol–water partition coefficient (Wildman–Crippen LogP) is 1.94. The Balaban J connectivity index is 2.09. The third-order valence-corrected chi connectivity index (χ3v) is 2.84. The number of pyridine rings is 1. The van der Waals surface area contributed by atoms with Gasteiger partial charge in [-0.2, -0.15) is 0 Å². The van der Waals surface area contributed by atoms with Crippen LogP contribution in [0.5, 0.6) is 0 Å². The first-order chi connectivity index (χ1) is 9.70. The molecular weight excluding hydrogens is 254 g/mol. The fraction of sp³-hybridized carbons (Fsp3) is 0.200. The largest absolute Gasteiger partial charge is 0.380 e. The van der Waals surface area contributed by atoms with Crippen molar-refractivity contribution in [1.29, 1.82) is 0 Å². The van der Waals surface area contributed by atoms with Crippen molar-refractivity contribution in [3.8, 4) is 0 Å². The number of methoxy groups -OCH3 is 1. The molecule has 1 amide bonds. The van der Waals surface area contributed by atoms with Gasteiger partial charge in [0.2, 0.25) is 0 Å². The quantitative estimate of drug-likeness (QED) is 0.841. The number of ether oxygens (including phenoxy) is 1. The van der Waals surface area contributed by atoms with Gasteiger partial charge in [-0.1, -0.05) is 24.3 Å². The lowest BCUT2D eigenvalue weighted by molar-refractivity contribution is 0.100. The van der Waals surface area contributed by atoms with Gasteiger partial charge in [-0.15, -0.1) is 0 Å². The van der Waals surface area contributed by atoms with E-state index in [2.05, 4.69) is 10.3 Å². The molecule has 2 rings (SSSR count). The Kier molecular flexibility index (Phi) is 4.68. The maximum Gasteiger partial charge on any atom is 0.252 e. The zero-order valence-corrected chi connectivity index (χ0v) is 11.3. The Labute approximate surface area is 117 Å². The molecule has 0 aliphatic carbocycles. The monoisotopic (exact) mass is 271 g/mol. The summed E-state index contributed by atoms with van der Waals surface area (Å²) in [5.41, 5.74) is 7.88. The van der Waals surface area contributed by atoms with E-state index in [1.54, 1.807) is 25.4 Å². The minimum atomic E-state index is -0.492. The number of nitrogens with one attached hydrogen (secondary N) is 1. The van der Waals surface area contributed by atoms with Crippen molar-refractivity contribution in [3.63, 3.8) is 0 Å². The molecule has 0 saturated heterocycles. The summed E-state index contributed by atoms with van der Waals surface area (Å²) in [4.78, 5) is 15.4. The standard InChI is InChI=1S/C15H17N3O2/c1-20-10-12-5-2-4-11(8-12)9-18-15-13(14(16)19)6-3-7-17-15/h2-8H,9-10H2,1H3,(H2,16,19)(H,17,18). The molecule has 0 saturated carbocycles. The number of rotatable bonds is 6. The van der Waals surface area contributed by atoms with E-state index >= 15 is 0 Å². The van der Waals surface area contributed by atoms with E-state index in [1.165, 1.54) is 0 Å². The van der Waals surface area contributed by atoms with Crippen LogP contribution in [0.25, 0.3) is 0 Å². The third kappa shape index (κ3) is 3.55. The lowest BCUT2D eigenvalue weighted by Crippen LogP contribution is -2.15. The van der Waals surface area contributed by atoms with Crippen molar-refractivity contribution in [3.05, 3.63) is 59.3 Å². The Morgan fingerprint density at radius 2 is 2.10 bits per heavy atom. The van der Waals surface area contributed by atoms with E-state index in [1.807, 2.05) is 24.3 Å². The number of nitrogens with two attached hydrogens (primary N) is 1. The van der Waals surface area contributed by atoms with Crippen molar-refractivity contribution in [1.82, 2.24) is 4.98 Å². The number of hydrogen-bond acceptors (Lipinski definition) is 4. The van der Waals surface area contributed by atoms with Crippen LogP contribution >= 0.6 is 0 Å². The van der Waals surface area contributed by atoms with Gasteiger partial charge in [-0.05, 0) is 23.3 Å². The van der Waals surface area contributed by atoms with Crippen LogP contribution in [0.2, 0.25) is 0 Å². The second kappa shape index (κ2) is 6.68. The van der Waals surface area contributed by atoms with Crippen molar-refractivity contribution in [2.45, 2.75) is 13.2 Å². The summed E-state index contributed by atoms with van der Waals surface area (Å²) in [5.74, 6) is 0.00544. The molecule has 0 atom stereocenters. The van der Waals surface area contributed by atoms with Gasteiger partial charge in [0, 0.05) is 19.9 Å². The molecule has 3 N–H and O–H groups in total. The molecule has 0 bridgehead atoms. The minimum absolute atomic E-state index is 0.389. The number of primary amides is 1. The first-order valence-electron chi connectivity index (χ1n) is 6.26. The molecule has 0 radical (unpaired) electrons. The Hall–Kier alpha value is -2.40. The van der Waals surface area contributed by atoms with Gasteiger partial charge in [0.1, 0.15) is 5.82 Å². The highest BCUT2D eigenvalue weighted by atomic mass is 16.5. The number of carbonyl (C=O) groups is 1. The maximum atomic E-state index is 11.3. The third-order valence-electron chi connectivity index (χ3n) is 2.84. The average Bonchev–Trinajstić information content (AvgIpc) is 2.46. The summed E-state index contributed by atoms with van der Waals surface area (Å²) in [5, 5.41) is 3.13. The summed E-state index contributed by atoms with van der Waals surface area (Å²) < 4.78 is 5.10. The van der Waals surface area contributed by atoms with Crippen LogP contribution in [0.15, 0.2) is 42.6 Å². The summed E-state index contributed by atoms with van der Waals surface area (Å²) in [6, 6.07) is 11.4. The Morgan fingerprint density at radius 3 is 2.85 bits per heavy atom. The molecule has 5 heteroatoms. The van der Waals surface area contributed by atoms with Crippen molar-refractivity contribution in [2.75, 3.05) is 12.4 Å². The normalized spacial score (nSPS) is 10.2. The molecule has 0 unspecified atom stereocenters. The summed E-state index contributed by atoms with van der Waals surface area (Å²) >= 11 is 0. The molecule has 1 aromatic carbocycles. The molecule has 5 nitrogen and oxygen atoms in total. The van der Waals surface area contributed by atoms with Gasteiger partial charge >= 0.3 is 0 Å². The number of anilines is 1. The van der Waals surface area contributed by atoms with E-state index in [0.717, 1.165) is 11.1 Å². The molecule has 0 fully saturated rings. The number of carbonyl (C=O) groups excluding carboxylic acids is 1. The molecule has 2 aromatic rings. The fourth-order valence-electron chi connectivity index (χ4n) is 1.93. The molecule has 104 valence electrons. The maximum absolute atomic E-state index is 11.3. The SMILES string of the molecule is COCc1cccc(CNc2ncccc2C(N)=O)c1. The summed E-state index contributed by atoms with van der Waals surface area (Å²) in [7, 11) is 1.66. The zero-order valence-electron chi connectivity index (χ0n) is 11.3. The van der Waals surface area contributed by atoms with Crippen molar-refractivity contribution < 1.29 is 9.53 Å². The first kappa shape index (κ1) is 14.0. The average molecular weight is 271 g/mol. The highest BCUT2D eigenvalue weighted by molar-refractivity contribution is 5.97. The predicted molar refractivity (Wildman–Crippen MR) is 77.2 cm³/mol. The van der Waals surface area contributed by atoms with Gasteiger partial charge in [-0.3, -0.25) is 4.79 Å². The number of hydrogen-bond donors (Lipinski definition) is 2. The number of nitrogens with zero attached hydrogens (tertiary/aromatic N) is 1. The van der Waals surface area contributed by atoms with E-state index in [9.17, 15) is 4.79 Å². The second-order valence-electron chi connectivity index (χ2n) is 4.37.